The van der Waals surface area contributed by atoms with Crippen LogP contribution in [-0.4, -0.2) is 20.9 Å². The molecule has 3 aliphatic rings. The molecule has 2 heterocycles. The number of allylic oxidation sites excluding steroid dienone is 1. The lowest BCUT2D eigenvalue weighted by Crippen LogP contribution is -2.35. The number of hydrogen-bond acceptors (Lipinski definition) is 5. The molecule has 8 nitrogen and oxygen atoms in total. The van der Waals surface area contributed by atoms with Crippen molar-refractivity contribution in [1.29, 1.82) is 0 Å². The van der Waals surface area contributed by atoms with Crippen LogP contribution in [0.15, 0.2) is 77.6 Å². The second-order valence-corrected chi connectivity index (χ2v) is 8.42. The Morgan fingerprint density at radius 1 is 1.10 bits per heavy atom. The lowest BCUT2D eigenvalue weighted by molar-refractivity contribution is -0.132. The maximum absolute atomic E-state index is 11.7. The highest BCUT2D eigenvalue weighted by Gasteiger charge is 2.52. The van der Waals surface area contributed by atoms with Crippen molar-refractivity contribution in [3.63, 3.8) is 0 Å². The summed E-state index contributed by atoms with van der Waals surface area (Å²) in [6.07, 6.45) is 6.26. The fourth-order valence-corrected chi connectivity index (χ4v) is 4.46. The first-order chi connectivity index (χ1) is 14.8. The number of phosphoric ester groups is 1. The monoisotopic (exact) mass is 439 g/mol. The van der Waals surface area contributed by atoms with Crippen LogP contribution < -0.4 is 4.74 Å². The van der Waals surface area contributed by atoms with E-state index in [-0.39, 0.29) is 5.57 Å². The van der Waals surface area contributed by atoms with Crippen LogP contribution in [0.3, 0.4) is 0 Å². The van der Waals surface area contributed by atoms with Gasteiger partial charge in [-0.15, -0.1) is 0 Å². The molecule has 31 heavy (non-hydrogen) atoms. The van der Waals surface area contributed by atoms with E-state index in [4.69, 9.17) is 14.0 Å². The van der Waals surface area contributed by atoms with E-state index in [1.165, 1.54) is 6.08 Å². The van der Waals surface area contributed by atoms with Crippen LogP contribution in [0.25, 0.3) is 0 Å². The zero-order valence-electron chi connectivity index (χ0n) is 15.9. The molecule has 0 saturated heterocycles. The highest BCUT2D eigenvalue weighted by molar-refractivity contribution is 7.46. The fourth-order valence-electron chi connectivity index (χ4n) is 4.15. The molecule has 0 amide bonds. The predicted octanol–water partition coefficient (Wildman–Crippen LogP) is 3.71. The number of rotatable bonds is 4. The first-order valence-corrected chi connectivity index (χ1v) is 10.8. The SMILES string of the molecule is O=C(O)C1=C[CH]C2=COC3(C2=C1)c1ccccc1Oc1cccc(COP(=O)(O)O)c13. The van der Waals surface area contributed by atoms with Gasteiger partial charge in [0.1, 0.15) is 11.5 Å². The summed E-state index contributed by atoms with van der Waals surface area (Å²) < 4.78 is 28.4. The molecule has 1 radical (unpaired) electrons. The second-order valence-electron chi connectivity index (χ2n) is 7.18. The molecule has 2 aromatic rings. The zero-order valence-corrected chi connectivity index (χ0v) is 16.8. The number of fused-ring (bicyclic) bond motifs is 6. The molecule has 1 spiro atoms. The van der Waals surface area contributed by atoms with Gasteiger partial charge in [-0.2, -0.15) is 0 Å². The number of carbonyl (C=O) groups is 1. The summed E-state index contributed by atoms with van der Waals surface area (Å²) in [4.78, 5) is 30.1. The summed E-state index contributed by atoms with van der Waals surface area (Å²) in [7, 11) is -4.73. The molecule has 9 heteroatoms. The van der Waals surface area contributed by atoms with Crippen molar-refractivity contribution in [2.24, 2.45) is 0 Å². The van der Waals surface area contributed by atoms with Gasteiger partial charge in [-0.1, -0.05) is 36.4 Å². The predicted molar refractivity (Wildman–Crippen MR) is 108 cm³/mol. The summed E-state index contributed by atoms with van der Waals surface area (Å²) in [6.45, 7) is -0.391. The van der Waals surface area contributed by atoms with Gasteiger partial charge >= 0.3 is 13.8 Å². The maximum atomic E-state index is 11.7. The summed E-state index contributed by atoms with van der Waals surface area (Å²) in [5, 5.41) is 9.54. The van der Waals surface area contributed by atoms with Crippen molar-refractivity contribution in [2.75, 3.05) is 0 Å². The van der Waals surface area contributed by atoms with Gasteiger partial charge in [-0.05, 0) is 23.8 Å². The van der Waals surface area contributed by atoms with E-state index in [0.717, 1.165) is 0 Å². The minimum absolute atomic E-state index is 0.0893. The third kappa shape index (κ3) is 3.12. The zero-order chi connectivity index (χ0) is 21.8. The van der Waals surface area contributed by atoms with Gasteiger partial charge in [0.2, 0.25) is 0 Å². The third-order valence-corrected chi connectivity index (χ3v) is 5.85. The van der Waals surface area contributed by atoms with E-state index in [9.17, 15) is 24.3 Å². The van der Waals surface area contributed by atoms with Crippen LogP contribution in [0.4, 0.5) is 0 Å². The van der Waals surface area contributed by atoms with E-state index in [2.05, 4.69) is 0 Å². The van der Waals surface area contributed by atoms with Crippen molar-refractivity contribution in [2.45, 2.75) is 12.2 Å². The standard InChI is InChI=1S/C22H16O8P/c23-21(24)13-8-9-14-11-28-22(17(14)10-13)16-5-1-2-6-18(16)30-19-7-3-4-15(20(19)22)12-29-31(25,26)27/h1-11H,12H2,(H,23,24)(H2,25,26,27). The van der Waals surface area contributed by atoms with E-state index in [0.29, 0.717) is 39.3 Å². The Labute approximate surface area is 176 Å². The molecule has 1 unspecified atom stereocenters. The molecular weight excluding hydrogens is 423 g/mol. The minimum atomic E-state index is -4.73. The normalized spacial score (nSPS) is 21.0. The Bertz CT molecular complexity index is 1250. The highest BCUT2D eigenvalue weighted by Crippen LogP contribution is 2.59. The summed E-state index contributed by atoms with van der Waals surface area (Å²) in [5.41, 5.74) is 1.69. The molecule has 2 aliphatic heterocycles. The molecule has 3 N–H and O–H groups in total. The van der Waals surface area contributed by atoms with Gasteiger partial charge in [0, 0.05) is 23.1 Å². The number of hydrogen-bond donors (Lipinski definition) is 3. The van der Waals surface area contributed by atoms with Crippen LogP contribution in [0, 0.1) is 6.42 Å². The van der Waals surface area contributed by atoms with Gasteiger partial charge in [0.05, 0.1) is 24.0 Å². The molecule has 1 aliphatic carbocycles. The van der Waals surface area contributed by atoms with Crippen molar-refractivity contribution < 1.29 is 38.3 Å². The molecule has 0 fully saturated rings. The molecule has 0 bridgehead atoms. The van der Waals surface area contributed by atoms with Gasteiger partial charge in [-0.3, -0.25) is 4.52 Å². The maximum Gasteiger partial charge on any atom is 0.469 e. The summed E-state index contributed by atoms with van der Waals surface area (Å²) in [5.74, 6) is -0.124. The number of benzene rings is 2. The smallest absolute Gasteiger partial charge is 0.469 e. The second kappa shape index (κ2) is 6.93. The lowest BCUT2D eigenvalue weighted by atomic mass is 9.72. The van der Waals surface area contributed by atoms with Gasteiger partial charge in [-0.25, -0.2) is 9.36 Å². The Balaban J connectivity index is 1.76. The first kappa shape index (κ1) is 19.8. The van der Waals surface area contributed by atoms with Gasteiger partial charge < -0.3 is 24.4 Å². The Hall–Kier alpha value is -3.16. The van der Waals surface area contributed by atoms with E-state index in [1.54, 1.807) is 43.0 Å². The van der Waals surface area contributed by atoms with Crippen LogP contribution in [0.1, 0.15) is 16.7 Å². The largest absolute Gasteiger partial charge is 0.480 e. The van der Waals surface area contributed by atoms with Crippen LogP contribution in [0.2, 0.25) is 0 Å². The van der Waals surface area contributed by atoms with Crippen molar-refractivity contribution in [3.8, 4) is 11.5 Å². The third-order valence-electron chi connectivity index (χ3n) is 5.38. The summed E-state index contributed by atoms with van der Waals surface area (Å²) >= 11 is 0. The Kier molecular flexibility index (Phi) is 4.42. The van der Waals surface area contributed by atoms with Crippen molar-refractivity contribution >= 4 is 13.8 Å². The van der Waals surface area contributed by atoms with E-state index < -0.39 is 26.0 Å². The molecule has 5 rings (SSSR count). The van der Waals surface area contributed by atoms with Crippen LogP contribution in [-0.2, 0) is 30.8 Å². The van der Waals surface area contributed by atoms with E-state index in [1.807, 2.05) is 18.2 Å². The minimum Gasteiger partial charge on any atom is -0.480 e. The lowest BCUT2D eigenvalue weighted by Gasteiger charge is -2.39. The number of carboxylic acid groups (broad SMARTS) is 1. The highest BCUT2D eigenvalue weighted by atomic mass is 31.2. The number of phosphoric acid groups is 1. The molecule has 0 saturated carbocycles. The molecule has 2 aromatic carbocycles. The molecule has 0 aromatic heterocycles. The quantitative estimate of drug-likeness (QED) is 0.617. The average Bonchev–Trinajstić information content (AvgIpc) is 3.11. The number of ether oxygens (including phenoxy) is 2. The molecule has 157 valence electrons. The first-order valence-electron chi connectivity index (χ1n) is 9.28. The molecular formula is C22H16O8P. The van der Waals surface area contributed by atoms with Gasteiger partial charge in [0.25, 0.3) is 0 Å². The van der Waals surface area contributed by atoms with Crippen molar-refractivity contribution in [3.05, 3.63) is 101 Å². The number of aliphatic carboxylic acids is 1. The van der Waals surface area contributed by atoms with Crippen LogP contribution in [0.5, 0.6) is 11.5 Å². The Morgan fingerprint density at radius 3 is 2.65 bits per heavy atom. The average molecular weight is 439 g/mol. The summed E-state index contributed by atoms with van der Waals surface area (Å²) in [6, 6.07) is 12.3. The van der Waals surface area contributed by atoms with Crippen LogP contribution >= 0.6 is 7.82 Å². The number of carboxylic acids is 1. The molecule has 1 atom stereocenters. The fraction of sp³-hybridized carbons (Fsp3) is 0.0909. The number of para-hydroxylation sites is 1. The Morgan fingerprint density at radius 2 is 1.87 bits per heavy atom. The van der Waals surface area contributed by atoms with E-state index >= 15 is 0 Å². The van der Waals surface area contributed by atoms with Gasteiger partial charge in [0.15, 0.2) is 5.60 Å². The topological polar surface area (TPSA) is 123 Å². The van der Waals surface area contributed by atoms with Crippen molar-refractivity contribution in [1.82, 2.24) is 0 Å².